The Morgan fingerprint density at radius 3 is 2.44 bits per heavy atom. The third-order valence-electron chi connectivity index (χ3n) is 3.18. The molecular formula is C14H26ClN3. The van der Waals surface area contributed by atoms with E-state index in [1.165, 1.54) is 0 Å². The van der Waals surface area contributed by atoms with Gasteiger partial charge in [0, 0.05) is 17.5 Å². The zero-order valence-electron chi connectivity index (χ0n) is 12.4. The molecule has 1 heterocycles. The Morgan fingerprint density at radius 1 is 1.33 bits per heavy atom. The van der Waals surface area contributed by atoms with E-state index in [-0.39, 0.29) is 5.41 Å². The molecule has 0 radical (unpaired) electrons. The smallest absolute Gasteiger partial charge is 0.0823 e. The van der Waals surface area contributed by atoms with Crippen LogP contribution in [0.2, 0.25) is 5.02 Å². The van der Waals surface area contributed by atoms with E-state index in [2.05, 4.69) is 52.0 Å². The van der Waals surface area contributed by atoms with E-state index in [1.807, 2.05) is 4.68 Å². The van der Waals surface area contributed by atoms with Crippen LogP contribution in [-0.4, -0.2) is 22.4 Å². The lowest BCUT2D eigenvalue weighted by Crippen LogP contribution is -2.31. The summed E-state index contributed by atoms with van der Waals surface area (Å²) in [7, 11) is 0. The molecule has 4 heteroatoms. The van der Waals surface area contributed by atoms with E-state index in [4.69, 9.17) is 11.6 Å². The summed E-state index contributed by atoms with van der Waals surface area (Å²) in [5.74, 6) is 0. The fourth-order valence-electron chi connectivity index (χ4n) is 2.16. The Kier molecular flexibility index (Phi) is 5.23. The van der Waals surface area contributed by atoms with Crippen LogP contribution in [0.25, 0.3) is 0 Å². The van der Waals surface area contributed by atoms with E-state index >= 15 is 0 Å². The van der Waals surface area contributed by atoms with Gasteiger partial charge in [-0.15, -0.1) is 0 Å². The van der Waals surface area contributed by atoms with Crippen LogP contribution in [0, 0.1) is 0 Å². The summed E-state index contributed by atoms with van der Waals surface area (Å²) in [4.78, 5) is 0. The number of nitrogens with one attached hydrogen (secondary N) is 1. The molecule has 0 saturated heterocycles. The quantitative estimate of drug-likeness (QED) is 0.853. The molecule has 1 aromatic heterocycles. The number of aromatic nitrogens is 2. The second kappa shape index (κ2) is 6.07. The largest absolute Gasteiger partial charge is 0.314 e. The molecule has 1 N–H and O–H groups in total. The molecule has 18 heavy (non-hydrogen) atoms. The van der Waals surface area contributed by atoms with Crippen molar-refractivity contribution in [2.75, 3.05) is 6.54 Å². The molecule has 0 fully saturated rings. The Bertz CT molecular complexity index is 380. The number of hydrogen-bond donors (Lipinski definition) is 1. The zero-order valence-corrected chi connectivity index (χ0v) is 13.2. The number of nitrogens with zero attached hydrogens (tertiary/aromatic N) is 2. The maximum absolute atomic E-state index is 6.31. The summed E-state index contributed by atoms with van der Waals surface area (Å²) in [5.41, 5.74) is 1.17. The van der Waals surface area contributed by atoms with Crippen molar-refractivity contribution >= 4 is 11.6 Å². The molecule has 0 bridgehead atoms. The van der Waals surface area contributed by atoms with Gasteiger partial charge >= 0.3 is 0 Å². The predicted molar refractivity (Wildman–Crippen MR) is 78.4 cm³/mol. The third-order valence-corrected chi connectivity index (χ3v) is 3.46. The molecule has 0 aromatic carbocycles. The highest BCUT2D eigenvalue weighted by Crippen LogP contribution is 2.33. The van der Waals surface area contributed by atoms with Crippen LogP contribution in [0.4, 0.5) is 0 Å². The van der Waals surface area contributed by atoms with E-state index < -0.39 is 0 Å². The van der Waals surface area contributed by atoms with Crippen LogP contribution >= 0.6 is 11.6 Å². The van der Waals surface area contributed by atoms with Crippen molar-refractivity contribution in [2.45, 2.75) is 65.5 Å². The number of rotatable bonds is 6. The highest BCUT2D eigenvalue weighted by Gasteiger charge is 2.28. The highest BCUT2D eigenvalue weighted by molar-refractivity contribution is 6.31. The van der Waals surface area contributed by atoms with E-state index in [0.717, 1.165) is 23.7 Å². The minimum Gasteiger partial charge on any atom is -0.314 e. The molecule has 104 valence electrons. The lowest BCUT2D eigenvalue weighted by atomic mass is 9.85. The van der Waals surface area contributed by atoms with E-state index in [9.17, 15) is 0 Å². The van der Waals surface area contributed by atoms with Gasteiger partial charge in [0.25, 0.3) is 0 Å². The van der Waals surface area contributed by atoms with Crippen molar-refractivity contribution in [3.8, 4) is 0 Å². The van der Waals surface area contributed by atoms with Crippen molar-refractivity contribution in [3.63, 3.8) is 0 Å². The topological polar surface area (TPSA) is 29.9 Å². The van der Waals surface area contributed by atoms with Crippen LogP contribution in [-0.2, 0) is 5.41 Å². The second-order valence-electron chi connectivity index (χ2n) is 6.12. The normalized spacial score (nSPS) is 12.7. The standard InChI is InChI=1S/C14H26ClN3/c1-10(2)16-8-7-14(5,6)13-12(15)9-17-18(13)11(3)4/h9-11,16H,7-8H2,1-6H3. The minimum absolute atomic E-state index is 0.0275. The molecule has 1 rings (SSSR count). The molecule has 0 aliphatic heterocycles. The van der Waals surface area contributed by atoms with Gasteiger partial charge in [0.2, 0.25) is 0 Å². The zero-order chi connectivity index (χ0) is 13.9. The van der Waals surface area contributed by atoms with E-state index in [0.29, 0.717) is 12.1 Å². The fraction of sp³-hybridized carbons (Fsp3) is 0.786. The molecule has 0 unspecified atom stereocenters. The van der Waals surface area contributed by atoms with Crippen molar-refractivity contribution < 1.29 is 0 Å². The average molecular weight is 272 g/mol. The molecule has 0 aliphatic carbocycles. The Labute approximate surface area is 116 Å². The summed E-state index contributed by atoms with van der Waals surface area (Å²) in [6, 6.07) is 0.858. The van der Waals surface area contributed by atoms with E-state index in [1.54, 1.807) is 6.20 Å². The maximum Gasteiger partial charge on any atom is 0.0823 e. The average Bonchev–Trinajstić information content (AvgIpc) is 2.59. The second-order valence-corrected chi connectivity index (χ2v) is 6.53. The minimum atomic E-state index is 0.0275. The molecule has 3 nitrogen and oxygen atoms in total. The maximum atomic E-state index is 6.31. The van der Waals surface area contributed by atoms with Crippen LogP contribution in [0.3, 0.4) is 0 Å². The Balaban J connectivity index is 2.86. The SMILES string of the molecule is CC(C)NCCC(C)(C)c1c(Cl)cnn1C(C)C. The first-order valence-corrected chi connectivity index (χ1v) is 7.10. The molecule has 1 aromatic rings. The van der Waals surface area contributed by atoms with Crippen molar-refractivity contribution in [3.05, 3.63) is 16.9 Å². The monoisotopic (exact) mass is 271 g/mol. The van der Waals surface area contributed by atoms with Gasteiger partial charge in [0.1, 0.15) is 0 Å². The molecule has 0 saturated carbocycles. The van der Waals surface area contributed by atoms with Crippen LogP contribution < -0.4 is 5.32 Å². The summed E-state index contributed by atoms with van der Waals surface area (Å²) in [5, 5.41) is 8.62. The van der Waals surface area contributed by atoms with Gasteiger partial charge in [-0.3, -0.25) is 4.68 Å². The third kappa shape index (κ3) is 3.72. The summed E-state index contributed by atoms with van der Waals surface area (Å²) in [6.45, 7) is 14.1. The lowest BCUT2D eigenvalue weighted by molar-refractivity contribution is 0.387. The van der Waals surface area contributed by atoms with Crippen molar-refractivity contribution in [1.29, 1.82) is 0 Å². The summed E-state index contributed by atoms with van der Waals surface area (Å²) >= 11 is 6.31. The molecule has 0 spiro atoms. The van der Waals surface area contributed by atoms with Gasteiger partial charge in [-0.25, -0.2) is 0 Å². The first-order chi connectivity index (χ1) is 8.25. The Hall–Kier alpha value is -0.540. The number of halogens is 1. The summed E-state index contributed by atoms with van der Waals surface area (Å²) < 4.78 is 2.04. The van der Waals surface area contributed by atoms with Gasteiger partial charge in [-0.1, -0.05) is 39.3 Å². The molecule has 0 atom stereocenters. The van der Waals surface area contributed by atoms with Gasteiger partial charge in [0.15, 0.2) is 0 Å². The number of hydrogen-bond acceptors (Lipinski definition) is 2. The van der Waals surface area contributed by atoms with Gasteiger partial charge in [0.05, 0.1) is 16.9 Å². The predicted octanol–water partition coefficient (Wildman–Crippen LogP) is 3.78. The van der Waals surface area contributed by atoms with Crippen LogP contribution in [0.1, 0.15) is 59.7 Å². The fourth-order valence-corrected chi connectivity index (χ4v) is 2.54. The van der Waals surface area contributed by atoms with Crippen molar-refractivity contribution in [1.82, 2.24) is 15.1 Å². The van der Waals surface area contributed by atoms with Gasteiger partial charge < -0.3 is 5.32 Å². The highest BCUT2D eigenvalue weighted by atomic mass is 35.5. The van der Waals surface area contributed by atoms with Crippen LogP contribution in [0.15, 0.2) is 6.20 Å². The molecule has 0 aliphatic rings. The lowest BCUT2D eigenvalue weighted by Gasteiger charge is -2.28. The Morgan fingerprint density at radius 2 is 1.94 bits per heavy atom. The first-order valence-electron chi connectivity index (χ1n) is 6.72. The van der Waals surface area contributed by atoms with Gasteiger partial charge in [-0.2, -0.15) is 5.10 Å². The van der Waals surface area contributed by atoms with Crippen molar-refractivity contribution in [2.24, 2.45) is 0 Å². The van der Waals surface area contributed by atoms with Crippen LogP contribution in [0.5, 0.6) is 0 Å². The summed E-state index contributed by atoms with van der Waals surface area (Å²) in [6.07, 6.45) is 2.80. The van der Waals surface area contributed by atoms with Gasteiger partial charge in [-0.05, 0) is 26.8 Å². The molecular weight excluding hydrogens is 246 g/mol. The molecule has 0 amide bonds. The first kappa shape index (κ1) is 15.5.